The molecule has 0 saturated carbocycles. The Bertz CT molecular complexity index is 700. The fourth-order valence-corrected chi connectivity index (χ4v) is 2.99. The quantitative estimate of drug-likeness (QED) is 0.827. The van der Waals surface area contributed by atoms with Crippen molar-refractivity contribution in [2.24, 2.45) is 11.8 Å². The van der Waals surface area contributed by atoms with Gasteiger partial charge < -0.3 is 0 Å². The number of rotatable bonds is 2. The molecule has 1 aromatic heterocycles. The Morgan fingerprint density at radius 2 is 1.90 bits per heavy atom. The molecule has 0 aliphatic heterocycles. The van der Waals surface area contributed by atoms with Crippen molar-refractivity contribution < 1.29 is 4.79 Å². The molecule has 1 heterocycles. The second-order valence-electron chi connectivity index (χ2n) is 5.87. The minimum absolute atomic E-state index is 0.0445. The number of carbonyl (C=O) groups excluding carboxylic acids is 1. The van der Waals surface area contributed by atoms with E-state index in [4.69, 9.17) is 0 Å². The molecule has 2 heteroatoms. The number of hydrogen-bond donors (Lipinski definition) is 0. The SMILES string of the molecule is C=C1c2ncccc2C(=O)C(Cc2ccc(C)cc2)C1C. The Hall–Kier alpha value is -2.22. The standard InChI is InChI=1S/C19H19NO/c1-12-6-8-15(9-7-12)11-17-13(2)14(3)18-16(19(17)21)5-4-10-20-18/h4-10,13,17H,3,11H2,1-2H3. The van der Waals surface area contributed by atoms with Crippen LogP contribution in [0.5, 0.6) is 0 Å². The maximum absolute atomic E-state index is 12.8. The molecule has 0 saturated heterocycles. The normalized spacial score (nSPS) is 21.2. The Morgan fingerprint density at radius 1 is 1.19 bits per heavy atom. The number of Topliss-reactive ketones (excluding diaryl/α,β-unsaturated/α-hetero) is 1. The highest BCUT2D eigenvalue weighted by molar-refractivity contribution is 6.05. The first-order chi connectivity index (χ1) is 10.1. The predicted molar refractivity (Wildman–Crippen MR) is 85.1 cm³/mol. The maximum Gasteiger partial charge on any atom is 0.169 e. The Labute approximate surface area is 125 Å². The average Bonchev–Trinajstić information content (AvgIpc) is 2.51. The number of hydrogen-bond acceptors (Lipinski definition) is 2. The van der Waals surface area contributed by atoms with Crippen LogP contribution in [0.4, 0.5) is 0 Å². The van der Waals surface area contributed by atoms with Gasteiger partial charge in [-0.15, -0.1) is 0 Å². The second kappa shape index (κ2) is 5.28. The predicted octanol–water partition coefficient (Wildman–Crippen LogP) is 4.09. The summed E-state index contributed by atoms with van der Waals surface area (Å²) in [7, 11) is 0. The molecule has 0 radical (unpaired) electrons. The fraction of sp³-hybridized carbons (Fsp3) is 0.263. The minimum Gasteiger partial charge on any atom is -0.294 e. The number of nitrogens with zero attached hydrogens (tertiary/aromatic N) is 1. The molecule has 2 aromatic rings. The van der Waals surface area contributed by atoms with E-state index < -0.39 is 0 Å². The van der Waals surface area contributed by atoms with Gasteiger partial charge in [-0.3, -0.25) is 9.78 Å². The summed E-state index contributed by atoms with van der Waals surface area (Å²) in [6.45, 7) is 8.31. The van der Waals surface area contributed by atoms with E-state index in [-0.39, 0.29) is 17.6 Å². The van der Waals surface area contributed by atoms with E-state index in [9.17, 15) is 4.79 Å². The molecule has 0 bridgehead atoms. The van der Waals surface area contributed by atoms with E-state index in [1.807, 2.05) is 12.1 Å². The summed E-state index contributed by atoms with van der Waals surface area (Å²) in [6, 6.07) is 12.1. The second-order valence-corrected chi connectivity index (χ2v) is 5.87. The zero-order valence-electron chi connectivity index (χ0n) is 12.5. The third kappa shape index (κ3) is 2.42. The van der Waals surface area contributed by atoms with Crippen LogP contribution >= 0.6 is 0 Å². The van der Waals surface area contributed by atoms with Crippen LogP contribution in [0, 0.1) is 18.8 Å². The van der Waals surface area contributed by atoms with Gasteiger partial charge in [-0.25, -0.2) is 0 Å². The van der Waals surface area contributed by atoms with Crippen LogP contribution in [-0.2, 0) is 6.42 Å². The summed E-state index contributed by atoms with van der Waals surface area (Å²) in [6.07, 6.45) is 2.48. The molecular weight excluding hydrogens is 258 g/mol. The van der Waals surface area contributed by atoms with Gasteiger partial charge in [0.2, 0.25) is 0 Å². The van der Waals surface area contributed by atoms with Crippen molar-refractivity contribution in [3.05, 3.63) is 71.6 Å². The third-order valence-electron chi connectivity index (χ3n) is 4.44. The monoisotopic (exact) mass is 277 g/mol. The molecule has 2 nitrogen and oxygen atoms in total. The summed E-state index contributed by atoms with van der Waals surface area (Å²) in [5.74, 6) is 0.275. The molecule has 1 aromatic carbocycles. The van der Waals surface area contributed by atoms with E-state index in [0.29, 0.717) is 0 Å². The van der Waals surface area contributed by atoms with Crippen LogP contribution < -0.4 is 0 Å². The van der Waals surface area contributed by atoms with Gasteiger partial charge in [0.15, 0.2) is 5.78 Å². The fourth-order valence-electron chi connectivity index (χ4n) is 2.99. The molecule has 0 N–H and O–H groups in total. The number of pyridine rings is 1. The third-order valence-corrected chi connectivity index (χ3v) is 4.44. The van der Waals surface area contributed by atoms with Gasteiger partial charge in [0, 0.05) is 17.7 Å². The van der Waals surface area contributed by atoms with Crippen molar-refractivity contribution in [3.8, 4) is 0 Å². The highest BCUT2D eigenvalue weighted by Gasteiger charge is 2.35. The van der Waals surface area contributed by atoms with Gasteiger partial charge in [0.25, 0.3) is 0 Å². The molecule has 0 amide bonds. The Kier molecular flexibility index (Phi) is 3.46. The van der Waals surface area contributed by atoms with Gasteiger partial charge in [-0.2, -0.15) is 0 Å². The first kappa shape index (κ1) is 13.7. The van der Waals surface area contributed by atoms with E-state index in [1.54, 1.807) is 6.20 Å². The van der Waals surface area contributed by atoms with Crippen molar-refractivity contribution >= 4 is 11.4 Å². The van der Waals surface area contributed by atoms with Gasteiger partial charge in [0.05, 0.1) is 5.69 Å². The van der Waals surface area contributed by atoms with Gasteiger partial charge in [0.1, 0.15) is 0 Å². The van der Waals surface area contributed by atoms with Crippen molar-refractivity contribution in [2.75, 3.05) is 0 Å². The molecule has 2 atom stereocenters. The summed E-state index contributed by atoms with van der Waals surface area (Å²) >= 11 is 0. The maximum atomic E-state index is 12.8. The van der Waals surface area contributed by atoms with Crippen LogP contribution in [0.3, 0.4) is 0 Å². The lowest BCUT2D eigenvalue weighted by Crippen LogP contribution is -2.31. The van der Waals surface area contributed by atoms with Crippen molar-refractivity contribution in [1.29, 1.82) is 0 Å². The van der Waals surface area contributed by atoms with E-state index in [0.717, 1.165) is 23.3 Å². The average molecular weight is 277 g/mol. The lowest BCUT2D eigenvalue weighted by Gasteiger charge is -2.30. The van der Waals surface area contributed by atoms with Crippen LogP contribution in [0.2, 0.25) is 0 Å². The molecule has 0 fully saturated rings. The highest BCUT2D eigenvalue weighted by Crippen LogP contribution is 2.38. The number of ketones is 1. The minimum atomic E-state index is -0.0445. The number of allylic oxidation sites excluding steroid dienone is 1. The van der Waals surface area contributed by atoms with Crippen molar-refractivity contribution in [1.82, 2.24) is 4.98 Å². The van der Waals surface area contributed by atoms with E-state index in [1.165, 1.54) is 11.1 Å². The van der Waals surface area contributed by atoms with Crippen molar-refractivity contribution in [2.45, 2.75) is 20.3 Å². The number of carbonyl (C=O) groups is 1. The number of fused-ring (bicyclic) bond motifs is 1. The number of aromatic nitrogens is 1. The summed E-state index contributed by atoms with van der Waals surface area (Å²) in [4.78, 5) is 17.1. The first-order valence-corrected chi connectivity index (χ1v) is 7.32. The molecule has 3 rings (SSSR count). The summed E-state index contributed by atoms with van der Waals surface area (Å²) in [5, 5.41) is 0. The van der Waals surface area contributed by atoms with Gasteiger partial charge >= 0.3 is 0 Å². The van der Waals surface area contributed by atoms with Crippen LogP contribution in [0.1, 0.15) is 34.1 Å². The van der Waals surface area contributed by atoms with Crippen LogP contribution in [0.15, 0.2) is 49.2 Å². The summed E-state index contributed by atoms with van der Waals surface area (Å²) < 4.78 is 0. The number of aryl methyl sites for hydroxylation is 1. The lowest BCUT2D eigenvalue weighted by atomic mass is 9.72. The zero-order chi connectivity index (χ0) is 15.0. The molecule has 2 unspecified atom stereocenters. The largest absolute Gasteiger partial charge is 0.294 e. The summed E-state index contributed by atoms with van der Waals surface area (Å²) in [5.41, 5.74) is 4.90. The molecule has 106 valence electrons. The lowest BCUT2D eigenvalue weighted by molar-refractivity contribution is 0.0888. The Balaban J connectivity index is 1.95. The van der Waals surface area contributed by atoms with E-state index >= 15 is 0 Å². The van der Waals surface area contributed by atoms with Crippen LogP contribution in [-0.4, -0.2) is 10.8 Å². The Morgan fingerprint density at radius 3 is 2.62 bits per heavy atom. The zero-order valence-corrected chi connectivity index (χ0v) is 12.5. The van der Waals surface area contributed by atoms with Gasteiger partial charge in [-0.1, -0.05) is 43.3 Å². The van der Waals surface area contributed by atoms with Gasteiger partial charge in [-0.05, 0) is 42.5 Å². The number of benzene rings is 1. The van der Waals surface area contributed by atoms with Crippen LogP contribution in [0.25, 0.3) is 5.57 Å². The first-order valence-electron chi connectivity index (χ1n) is 7.32. The molecule has 0 spiro atoms. The molecular formula is C19H19NO. The molecule has 1 aliphatic carbocycles. The smallest absolute Gasteiger partial charge is 0.169 e. The topological polar surface area (TPSA) is 30.0 Å². The highest BCUT2D eigenvalue weighted by atomic mass is 16.1. The van der Waals surface area contributed by atoms with Crippen molar-refractivity contribution in [3.63, 3.8) is 0 Å². The van der Waals surface area contributed by atoms with E-state index in [2.05, 4.69) is 49.7 Å². The molecule has 21 heavy (non-hydrogen) atoms. The molecule has 1 aliphatic rings.